The molecule has 1 aliphatic rings. The molecule has 1 atom stereocenters. The van der Waals surface area contributed by atoms with Crippen LogP contribution in [0.15, 0.2) is 24.3 Å². The van der Waals surface area contributed by atoms with Gasteiger partial charge < -0.3 is 16.2 Å². The van der Waals surface area contributed by atoms with Crippen LogP contribution in [-0.4, -0.2) is 34.6 Å². The van der Waals surface area contributed by atoms with Crippen molar-refractivity contribution in [1.82, 2.24) is 10.2 Å². The number of carboxylic acid groups (broad SMARTS) is 1. The number of rotatable bonds is 6. The summed E-state index contributed by atoms with van der Waals surface area (Å²) in [6.07, 6.45) is 2.46. The molecule has 0 bridgehead atoms. The Morgan fingerprint density at radius 3 is 2.39 bits per heavy atom. The van der Waals surface area contributed by atoms with Gasteiger partial charge in [-0.2, -0.15) is 0 Å². The van der Waals surface area contributed by atoms with Gasteiger partial charge in [-0.1, -0.05) is 31.2 Å². The van der Waals surface area contributed by atoms with E-state index < -0.39 is 23.9 Å². The molecule has 0 saturated heterocycles. The number of nitrogens with zero attached hydrogens (tertiary/aromatic N) is 1. The summed E-state index contributed by atoms with van der Waals surface area (Å²) in [4.78, 5) is 34.9. The smallest absolute Gasteiger partial charge is 0.325 e. The molecule has 1 aliphatic carbocycles. The van der Waals surface area contributed by atoms with Gasteiger partial charge in [0, 0.05) is 13.1 Å². The Bertz CT molecular complexity index is 596. The standard InChI is InChI=1S/C16H21N3O4/c1-10(14(20)21)9-19(15(17)22)16(23)18-8-11-2-4-12(5-3-11)13-6-7-13/h2-5,10,13H,6-9H2,1H3,(H2,17,22)(H,18,23)(H,20,21)/t10-/m0/s1. The molecule has 23 heavy (non-hydrogen) atoms. The van der Waals surface area contributed by atoms with Gasteiger partial charge in [-0.05, 0) is 29.9 Å². The molecule has 124 valence electrons. The number of primary amides is 1. The fourth-order valence-electron chi connectivity index (χ4n) is 2.22. The SMILES string of the molecule is C[C@@H](CN(C(N)=O)C(=O)NCc1ccc(C2CC2)cc1)C(=O)O. The van der Waals surface area contributed by atoms with Gasteiger partial charge >= 0.3 is 18.0 Å². The number of benzene rings is 1. The third kappa shape index (κ3) is 4.70. The highest BCUT2D eigenvalue weighted by molar-refractivity contribution is 5.93. The number of hydrogen-bond donors (Lipinski definition) is 3. The average molecular weight is 319 g/mol. The molecule has 0 aromatic heterocycles. The fraction of sp³-hybridized carbons (Fsp3) is 0.438. The van der Waals surface area contributed by atoms with Crippen molar-refractivity contribution in [3.8, 4) is 0 Å². The van der Waals surface area contributed by atoms with E-state index in [1.54, 1.807) is 0 Å². The topological polar surface area (TPSA) is 113 Å². The third-order valence-electron chi connectivity index (χ3n) is 3.86. The Kier molecular flexibility index (Phi) is 5.20. The van der Waals surface area contributed by atoms with E-state index in [2.05, 4.69) is 5.32 Å². The summed E-state index contributed by atoms with van der Waals surface area (Å²) in [7, 11) is 0. The van der Waals surface area contributed by atoms with Gasteiger partial charge in [-0.25, -0.2) is 14.5 Å². The van der Waals surface area contributed by atoms with Crippen molar-refractivity contribution in [3.05, 3.63) is 35.4 Å². The molecule has 0 heterocycles. The van der Waals surface area contributed by atoms with Crippen molar-refractivity contribution in [2.45, 2.75) is 32.2 Å². The van der Waals surface area contributed by atoms with E-state index in [0.717, 1.165) is 5.56 Å². The molecule has 4 N–H and O–H groups in total. The van der Waals surface area contributed by atoms with E-state index in [4.69, 9.17) is 10.8 Å². The number of urea groups is 2. The number of imide groups is 1. The van der Waals surface area contributed by atoms with Crippen molar-refractivity contribution in [3.63, 3.8) is 0 Å². The Morgan fingerprint density at radius 1 is 1.30 bits per heavy atom. The molecule has 0 spiro atoms. The Balaban J connectivity index is 1.90. The van der Waals surface area contributed by atoms with Crippen LogP contribution in [0.2, 0.25) is 0 Å². The Hall–Kier alpha value is -2.57. The fourth-order valence-corrected chi connectivity index (χ4v) is 2.22. The average Bonchev–Trinajstić information content (AvgIpc) is 3.34. The minimum absolute atomic E-state index is 0.245. The maximum absolute atomic E-state index is 12.0. The first-order chi connectivity index (χ1) is 10.9. The van der Waals surface area contributed by atoms with Gasteiger partial charge in [-0.3, -0.25) is 4.79 Å². The second-order valence-corrected chi connectivity index (χ2v) is 5.86. The zero-order chi connectivity index (χ0) is 17.0. The highest BCUT2D eigenvalue weighted by Crippen LogP contribution is 2.39. The molecule has 1 aromatic rings. The summed E-state index contributed by atoms with van der Waals surface area (Å²) in [5.41, 5.74) is 7.35. The monoisotopic (exact) mass is 319 g/mol. The van der Waals surface area contributed by atoms with Crippen molar-refractivity contribution >= 4 is 18.0 Å². The predicted octanol–water partition coefficient (Wildman–Crippen LogP) is 1.88. The lowest BCUT2D eigenvalue weighted by Crippen LogP contribution is -2.48. The van der Waals surface area contributed by atoms with Gasteiger partial charge in [0.2, 0.25) is 0 Å². The number of carboxylic acids is 1. The van der Waals surface area contributed by atoms with Crippen LogP contribution in [0.3, 0.4) is 0 Å². The van der Waals surface area contributed by atoms with Crippen LogP contribution in [0, 0.1) is 5.92 Å². The Morgan fingerprint density at radius 2 is 1.91 bits per heavy atom. The van der Waals surface area contributed by atoms with Gasteiger partial charge in [0.15, 0.2) is 0 Å². The quantitative estimate of drug-likeness (QED) is 0.743. The van der Waals surface area contributed by atoms with Crippen molar-refractivity contribution in [2.75, 3.05) is 6.54 Å². The zero-order valence-electron chi connectivity index (χ0n) is 13.0. The molecule has 0 radical (unpaired) electrons. The molecule has 7 heteroatoms. The van der Waals surface area contributed by atoms with Crippen molar-refractivity contribution in [2.24, 2.45) is 11.7 Å². The van der Waals surface area contributed by atoms with Gasteiger partial charge in [0.05, 0.1) is 5.92 Å². The summed E-state index contributed by atoms with van der Waals surface area (Å²) in [6, 6.07) is 6.27. The number of aliphatic carboxylic acids is 1. The molecular weight excluding hydrogens is 298 g/mol. The summed E-state index contributed by atoms with van der Waals surface area (Å²) < 4.78 is 0. The number of carbonyl (C=O) groups excluding carboxylic acids is 2. The molecular formula is C16H21N3O4. The van der Waals surface area contributed by atoms with Gasteiger partial charge in [0.1, 0.15) is 0 Å². The van der Waals surface area contributed by atoms with Crippen molar-refractivity contribution in [1.29, 1.82) is 0 Å². The highest BCUT2D eigenvalue weighted by atomic mass is 16.4. The molecule has 0 aliphatic heterocycles. The summed E-state index contributed by atoms with van der Waals surface area (Å²) in [5, 5.41) is 11.4. The molecule has 1 saturated carbocycles. The Labute approximate surface area is 134 Å². The van der Waals surface area contributed by atoms with E-state index in [9.17, 15) is 14.4 Å². The zero-order valence-corrected chi connectivity index (χ0v) is 13.0. The minimum atomic E-state index is -1.10. The number of nitrogens with two attached hydrogens (primary N) is 1. The van der Waals surface area contributed by atoms with E-state index in [1.807, 2.05) is 24.3 Å². The van der Waals surface area contributed by atoms with E-state index >= 15 is 0 Å². The molecule has 1 aromatic carbocycles. The second kappa shape index (κ2) is 7.13. The molecule has 1 fully saturated rings. The minimum Gasteiger partial charge on any atom is -0.481 e. The van der Waals surface area contributed by atoms with E-state index in [0.29, 0.717) is 10.8 Å². The van der Waals surface area contributed by atoms with Crippen LogP contribution in [0.1, 0.15) is 36.8 Å². The van der Waals surface area contributed by atoms with Gasteiger partial charge in [0.25, 0.3) is 0 Å². The molecule has 0 unspecified atom stereocenters. The lowest BCUT2D eigenvalue weighted by Gasteiger charge is -2.21. The predicted molar refractivity (Wildman–Crippen MR) is 83.7 cm³/mol. The largest absolute Gasteiger partial charge is 0.481 e. The third-order valence-corrected chi connectivity index (χ3v) is 3.86. The number of amides is 4. The van der Waals surface area contributed by atoms with Crippen molar-refractivity contribution < 1.29 is 19.5 Å². The lowest BCUT2D eigenvalue weighted by atomic mass is 10.1. The maximum Gasteiger partial charge on any atom is 0.325 e. The molecule has 4 amide bonds. The first-order valence-corrected chi connectivity index (χ1v) is 7.55. The normalized spacial score (nSPS) is 14.8. The van der Waals surface area contributed by atoms with E-state index in [1.165, 1.54) is 25.3 Å². The number of nitrogens with one attached hydrogen (secondary N) is 1. The summed E-state index contributed by atoms with van der Waals surface area (Å²) >= 11 is 0. The van der Waals surface area contributed by atoms with Crippen LogP contribution in [0.5, 0.6) is 0 Å². The van der Waals surface area contributed by atoms with E-state index in [-0.39, 0.29) is 13.1 Å². The van der Waals surface area contributed by atoms with Crippen LogP contribution in [-0.2, 0) is 11.3 Å². The molecule has 2 rings (SSSR count). The maximum atomic E-state index is 12.0. The summed E-state index contributed by atoms with van der Waals surface area (Å²) in [5.74, 6) is -1.31. The summed E-state index contributed by atoms with van der Waals surface area (Å²) in [6.45, 7) is 1.38. The first-order valence-electron chi connectivity index (χ1n) is 7.55. The number of carbonyl (C=O) groups is 3. The van der Waals surface area contributed by atoms with Crippen LogP contribution < -0.4 is 11.1 Å². The van der Waals surface area contributed by atoms with Crippen LogP contribution >= 0.6 is 0 Å². The highest BCUT2D eigenvalue weighted by Gasteiger charge is 2.25. The van der Waals surface area contributed by atoms with Crippen LogP contribution in [0.4, 0.5) is 9.59 Å². The molecule has 7 nitrogen and oxygen atoms in total. The first kappa shape index (κ1) is 16.8. The lowest BCUT2D eigenvalue weighted by molar-refractivity contribution is -0.141. The van der Waals surface area contributed by atoms with Crippen LogP contribution in [0.25, 0.3) is 0 Å². The van der Waals surface area contributed by atoms with Gasteiger partial charge in [-0.15, -0.1) is 0 Å². The number of hydrogen-bond acceptors (Lipinski definition) is 3. The second-order valence-electron chi connectivity index (χ2n) is 5.86.